The third kappa shape index (κ3) is 1.75. The Hall–Kier alpha value is 0.390. The molecule has 1 fully saturated rings. The monoisotopic (exact) mass is 324 g/mol. The second-order valence-electron chi connectivity index (χ2n) is 2.09. The summed E-state index contributed by atoms with van der Waals surface area (Å²) in [6.45, 7) is 3.81. The molecule has 0 atom stereocenters. The van der Waals surface area contributed by atoms with Crippen LogP contribution < -0.4 is 0 Å². The maximum absolute atomic E-state index is 3.81. The van der Waals surface area contributed by atoms with Gasteiger partial charge in [0.15, 0.2) is 0 Å². The molecule has 1 heteroatoms. The van der Waals surface area contributed by atoms with Crippen molar-refractivity contribution in [1.29, 1.82) is 0 Å². The Balaban J connectivity index is 0.000000360. The van der Waals surface area contributed by atoms with Gasteiger partial charge in [0, 0.05) is 14.3 Å². The molecule has 0 aromatic rings. The molecule has 0 aliphatic heterocycles. The van der Waals surface area contributed by atoms with Crippen molar-refractivity contribution in [3.05, 3.63) is 6.92 Å². The fourth-order valence-corrected chi connectivity index (χ4v) is 0.781. The Labute approximate surface area is 53.5 Å². The van der Waals surface area contributed by atoms with E-state index in [4.69, 9.17) is 0 Å². The van der Waals surface area contributed by atoms with Crippen LogP contribution in [0.2, 0.25) is 0 Å². The molecule has 0 spiro atoms. The molecule has 0 nitrogen and oxygen atoms in total. The van der Waals surface area contributed by atoms with Gasteiger partial charge in [0.05, 0.1) is 0 Å². The minimum atomic E-state index is 0. The molecule has 7 heavy (non-hydrogen) atoms. The first-order chi connectivity index (χ1) is 2.93. The number of hydrogen-bond donors (Lipinski definition) is 0. The van der Waals surface area contributed by atoms with Crippen LogP contribution in [-0.4, -0.2) is 0 Å². The van der Waals surface area contributed by atoms with E-state index in [1.807, 2.05) is 0 Å². The third-order valence-corrected chi connectivity index (χ3v) is 1.63. The molecule has 0 saturated heterocycles. The van der Waals surface area contributed by atoms with Gasteiger partial charge in [0.25, 0.3) is 0 Å². The topological polar surface area (TPSA) is 0 Å². The van der Waals surface area contributed by atoms with Crippen LogP contribution in [0.4, 0.5) is 0 Å². The van der Waals surface area contributed by atoms with Gasteiger partial charge in [-0.15, -0.1) is 0 Å². The van der Waals surface area contributed by atoms with Crippen LogP contribution in [0.3, 0.4) is 0 Å². The second kappa shape index (κ2) is 3.40. The largest absolute Gasteiger partial charge is 0.343 e. The van der Waals surface area contributed by atoms with Gasteiger partial charge in [0.1, 0.15) is 0 Å². The van der Waals surface area contributed by atoms with Crippen molar-refractivity contribution in [1.82, 2.24) is 0 Å². The second-order valence-corrected chi connectivity index (χ2v) is 2.09. The summed E-state index contributed by atoms with van der Waals surface area (Å²) in [5.74, 6) is 1.00. The van der Waals surface area contributed by atoms with Crippen molar-refractivity contribution in [3.63, 3.8) is 0 Å². The summed E-state index contributed by atoms with van der Waals surface area (Å²) in [4.78, 5) is 0. The summed E-state index contributed by atoms with van der Waals surface area (Å²) >= 11 is 0. The molecule has 0 heterocycles. The number of rotatable bonds is 1. The molecule has 0 N–H and O–H groups in total. The van der Waals surface area contributed by atoms with E-state index in [0.717, 1.165) is 5.92 Å². The zero-order valence-corrected chi connectivity index (χ0v) is 7.64. The van der Waals surface area contributed by atoms with Gasteiger partial charge in [-0.2, -0.15) is 6.42 Å². The molecule has 1 aliphatic carbocycles. The predicted molar refractivity (Wildman–Crippen MR) is 27.3 cm³/mol. The Morgan fingerprint density at radius 2 is 2.00 bits per heavy atom. The van der Waals surface area contributed by atoms with Gasteiger partial charge >= 0.3 is 0 Å². The van der Waals surface area contributed by atoms with Crippen LogP contribution in [0.25, 0.3) is 0 Å². The SMILES string of the molecule is [Am].[CH2-]CC1CCC1. The summed E-state index contributed by atoms with van der Waals surface area (Å²) in [6, 6.07) is 0. The van der Waals surface area contributed by atoms with Crippen LogP contribution in [0.1, 0.15) is 25.7 Å². The quantitative estimate of drug-likeness (QED) is 0.647. The molecule has 43 valence electrons. The summed E-state index contributed by atoms with van der Waals surface area (Å²) in [5, 5.41) is 0. The molecule has 1 saturated carbocycles. The van der Waals surface area contributed by atoms with E-state index in [0.29, 0.717) is 0 Å². The van der Waals surface area contributed by atoms with Crippen molar-refractivity contribution < 1.29 is 14.3 Å². The van der Waals surface area contributed by atoms with Gasteiger partial charge < -0.3 is 6.92 Å². The molecule has 0 aromatic heterocycles. The van der Waals surface area contributed by atoms with E-state index in [9.17, 15) is 0 Å². The maximum Gasteiger partial charge on any atom is 0 e. The average Bonchev–Trinajstić information content (AvgIpc) is 1.31. The number of hydrogen-bond acceptors (Lipinski definition) is 0. The minimum absolute atomic E-state index is 0. The first-order valence-electron chi connectivity index (χ1n) is 2.72. The molecule has 1 radical (unpaired) electrons. The van der Waals surface area contributed by atoms with Crippen molar-refractivity contribution in [2.24, 2.45) is 5.92 Å². The fourth-order valence-electron chi connectivity index (χ4n) is 0.781. The Morgan fingerprint density at radius 3 is 2.00 bits per heavy atom. The van der Waals surface area contributed by atoms with Crippen molar-refractivity contribution in [3.8, 4) is 0 Å². The van der Waals surface area contributed by atoms with Crippen LogP contribution in [0, 0.1) is 27.1 Å². The smallest absolute Gasteiger partial charge is 0 e. The van der Waals surface area contributed by atoms with E-state index >= 15 is 0 Å². The summed E-state index contributed by atoms with van der Waals surface area (Å²) in [7, 11) is 0. The normalized spacial score (nSPS) is 20.1. The minimum Gasteiger partial charge on any atom is -0.343 e. The summed E-state index contributed by atoms with van der Waals surface area (Å²) < 4.78 is 0. The van der Waals surface area contributed by atoms with Crippen LogP contribution in [0.5, 0.6) is 0 Å². The van der Waals surface area contributed by atoms with E-state index in [1.54, 1.807) is 0 Å². The molecule has 0 bridgehead atoms. The van der Waals surface area contributed by atoms with Crippen LogP contribution in [0.15, 0.2) is 0 Å². The van der Waals surface area contributed by atoms with Gasteiger partial charge in [-0.25, -0.2) is 0 Å². The van der Waals surface area contributed by atoms with Gasteiger partial charge in [-0.1, -0.05) is 25.2 Å². The van der Waals surface area contributed by atoms with Crippen molar-refractivity contribution >= 4 is 0 Å². The van der Waals surface area contributed by atoms with E-state index < -0.39 is 0 Å². The van der Waals surface area contributed by atoms with Gasteiger partial charge in [-0.3, -0.25) is 0 Å². The standard InChI is InChI=1S/C6H11.Am/c1-2-6-4-3-5-6;/h6H,1-5H2;/q-1;. The van der Waals surface area contributed by atoms with Gasteiger partial charge in [0.2, 0.25) is 0 Å². The fraction of sp³-hybridized carbons (Fsp3) is 0.833. The molecular weight excluding hydrogens is 315 g/mol. The molecule has 1 rings (SSSR count). The van der Waals surface area contributed by atoms with Crippen molar-refractivity contribution in [2.45, 2.75) is 25.7 Å². The Kier molecular flexibility index (Phi) is 3.59. The van der Waals surface area contributed by atoms with E-state index in [-0.39, 0.29) is 14.3 Å². The molecule has 0 amide bonds. The third-order valence-electron chi connectivity index (χ3n) is 1.63. The zero-order chi connectivity index (χ0) is 4.41. The summed E-state index contributed by atoms with van der Waals surface area (Å²) in [5.41, 5.74) is 0. The Bertz CT molecular complexity index is 36.7. The first-order valence-corrected chi connectivity index (χ1v) is 2.72. The van der Waals surface area contributed by atoms with Gasteiger partial charge in [-0.05, 0) is 0 Å². The summed E-state index contributed by atoms with van der Waals surface area (Å²) in [6.07, 6.45) is 5.52. The first kappa shape index (κ1) is 7.39. The maximum atomic E-state index is 3.81. The predicted octanol–water partition coefficient (Wildman–Crippen LogP) is 2.01. The molecule has 0 aromatic carbocycles. The van der Waals surface area contributed by atoms with Crippen LogP contribution >= 0.6 is 0 Å². The van der Waals surface area contributed by atoms with E-state index in [2.05, 4.69) is 6.92 Å². The van der Waals surface area contributed by atoms with Crippen molar-refractivity contribution in [2.75, 3.05) is 0 Å². The molecular formula is C6H11Am-. The average molecular weight is 326 g/mol. The Morgan fingerprint density at radius 1 is 1.43 bits per heavy atom. The molecule has 1 aliphatic rings. The van der Waals surface area contributed by atoms with E-state index in [1.165, 1.54) is 25.7 Å². The molecule has 0 unspecified atom stereocenters. The zero-order valence-electron chi connectivity index (χ0n) is 4.49. The van der Waals surface area contributed by atoms with Crippen LogP contribution in [-0.2, 0) is 0 Å².